The van der Waals surface area contributed by atoms with Gasteiger partial charge in [0.1, 0.15) is 0 Å². The van der Waals surface area contributed by atoms with Crippen LogP contribution in [0.2, 0.25) is 0 Å². The predicted octanol–water partition coefficient (Wildman–Crippen LogP) is 2.76. The summed E-state index contributed by atoms with van der Waals surface area (Å²) in [6, 6.07) is 7.92. The minimum Gasteiger partial charge on any atom is -0.381 e. The van der Waals surface area contributed by atoms with Crippen molar-refractivity contribution >= 4 is 33.7 Å². The van der Waals surface area contributed by atoms with Crippen molar-refractivity contribution in [1.29, 1.82) is 0 Å². The number of urea groups is 1. The van der Waals surface area contributed by atoms with Crippen LogP contribution in [0.5, 0.6) is 0 Å². The second-order valence-corrected chi connectivity index (χ2v) is 4.86. The van der Waals surface area contributed by atoms with Crippen molar-refractivity contribution in [2.45, 2.75) is 6.54 Å². The van der Waals surface area contributed by atoms with Gasteiger partial charge in [-0.2, -0.15) is 0 Å². The van der Waals surface area contributed by atoms with Gasteiger partial charge in [-0.15, -0.1) is 0 Å². The molecule has 7 nitrogen and oxygen atoms in total. The Kier molecular flexibility index (Phi) is 4.16. The fourth-order valence-electron chi connectivity index (χ4n) is 1.57. The Morgan fingerprint density at radius 1 is 1.30 bits per heavy atom. The zero-order valence-corrected chi connectivity index (χ0v) is 11.1. The highest BCUT2D eigenvalue weighted by Crippen LogP contribution is 2.23. The maximum absolute atomic E-state index is 10.7. The molecular formula is C12H12N4O3S. The molecule has 0 aliphatic rings. The van der Waals surface area contributed by atoms with E-state index in [1.54, 1.807) is 35.7 Å². The second-order valence-electron chi connectivity index (χ2n) is 3.97. The first-order chi connectivity index (χ1) is 9.54. The predicted molar refractivity (Wildman–Crippen MR) is 77.9 cm³/mol. The molecule has 0 unspecified atom stereocenters. The molecule has 2 amide bonds. The molecule has 0 radical (unpaired) electrons. The van der Waals surface area contributed by atoms with Gasteiger partial charge in [0, 0.05) is 29.4 Å². The van der Waals surface area contributed by atoms with E-state index in [1.807, 2.05) is 0 Å². The van der Waals surface area contributed by atoms with Gasteiger partial charge in [0.05, 0.1) is 4.92 Å². The van der Waals surface area contributed by atoms with E-state index in [2.05, 4.69) is 10.6 Å². The maximum atomic E-state index is 10.7. The average Bonchev–Trinajstić information content (AvgIpc) is 2.86. The Morgan fingerprint density at radius 2 is 1.95 bits per heavy atom. The number of nitrogens with two attached hydrogens (primary N) is 1. The number of nitrogens with one attached hydrogen (secondary N) is 2. The summed E-state index contributed by atoms with van der Waals surface area (Å²) in [6.07, 6.45) is 0. The van der Waals surface area contributed by atoms with E-state index in [0.717, 1.165) is 22.6 Å². The Bertz CT molecular complexity index is 624. The number of hydrogen-bond acceptors (Lipinski definition) is 5. The lowest BCUT2D eigenvalue weighted by Crippen LogP contribution is -2.19. The topological polar surface area (TPSA) is 110 Å². The van der Waals surface area contributed by atoms with Gasteiger partial charge < -0.3 is 16.4 Å². The molecule has 20 heavy (non-hydrogen) atoms. The van der Waals surface area contributed by atoms with E-state index in [0.29, 0.717) is 12.2 Å². The van der Waals surface area contributed by atoms with Gasteiger partial charge in [-0.05, 0) is 29.8 Å². The van der Waals surface area contributed by atoms with Crippen LogP contribution in [0.15, 0.2) is 35.7 Å². The van der Waals surface area contributed by atoms with E-state index in [9.17, 15) is 14.9 Å². The van der Waals surface area contributed by atoms with Crippen molar-refractivity contribution in [3.63, 3.8) is 0 Å². The van der Waals surface area contributed by atoms with Gasteiger partial charge in [0.2, 0.25) is 0 Å². The minimum atomic E-state index is -0.615. The Balaban J connectivity index is 1.93. The van der Waals surface area contributed by atoms with Crippen molar-refractivity contribution in [3.05, 3.63) is 51.4 Å². The van der Waals surface area contributed by atoms with Crippen LogP contribution in [-0.2, 0) is 6.54 Å². The van der Waals surface area contributed by atoms with Crippen LogP contribution in [0.25, 0.3) is 0 Å². The highest BCUT2D eigenvalue weighted by molar-refractivity contribution is 7.13. The highest BCUT2D eigenvalue weighted by Gasteiger charge is 2.09. The molecule has 0 saturated carbocycles. The standard InChI is InChI=1S/C12H12N4O3S/c13-12(17)15-10-3-1-9(2-4-10)14-6-8-5-11(16(18)19)20-7-8/h1-5,7,14H,6H2,(H3,13,15,17). The maximum Gasteiger partial charge on any atom is 0.324 e. The first-order valence-electron chi connectivity index (χ1n) is 5.67. The third kappa shape index (κ3) is 3.69. The van der Waals surface area contributed by atoms with Crippen LogP contribution in [0, 0.1) is 10.1 Å². The number of hydrogen-bond donors (Lipinski definition) is 3. The Labute approximate surface area is 118 Å². The third-order valence-corrected chi connectivity index (χ3v) is 3.40. The second kappa shape index (κ2) is 6.02. The number of rotatable bonds is 5. The number of nitrogens with zero attached hydrogens (tertiary/aromatic N) is 1. The molecule has 2 rings (SSSR count). The summed E-state index contributed by atoms with van der Waals surface area (Å²) >= 11 is 1.10. The third-order valence-electron chi connectivity index (χ3n) is 2.47. The molecule has 8 heteroatoms. The zero-order chi connectivity index (χ0) is 14.5. The van der Waals surface area contributed by atoms with E-state index in [-0.39, 0.29) is 5.00 Å². The number of anilines is 2. The Morgan fingerprint density at radius 3 is 2.50 bits per heavy atom. The highest BCUT2D eigenvalue weighted by atomic mass is 32.1. The van der Waals surface area contributed by atoms with Crippen molar-refractivity contribution < 1.29 is 9.72 Å². The van der Waals surface area contributed by atoms with Gasteiger partial charge in [0.25, 0.3) is 0 Å². The monoisotopic (exact) mass is 292 g/mol. The summed E-state index contributed by atoms with van der Waals surface area (Å²) in [5, 5.41) is 18.0. The lowest BCUT2D eigenvalue weighted by atomic mass is 10.2. The minimum absolute atomic E-state index is 0.128. The molecule has 104 valence electrons. The normalized spacial score (nSPS) is 10.0. The van der Waals surface area contributed by atoms with Crippen LogP contribution in [0.1, 0.15) is 5.56 Å². The molecule has 0 aliphatic heterocycles. The van der Waals surface area contributed by atoms with Crippen molar-refractivity contribution in [2.24, 2.45) is 5.73 Å². The number of nitro groups is 1. The van der Waals surface area contributed by atoms with Crippen molar-refractivity contribution in [2.75, 3.05) is 10.6 Å². The van der Waals surface area contributed by atoms with E-state index < -0.39 is 11.0 Å². The molecule has 4 N–H and O–H groups in total. The van der Waals surface area contributed by atoms with Crippen LogP contribution in [0.3, 0.4) is 0 Å². The average molecular weight is 292 g/mol. The van der Waals surface area contributed by atoms with Crippen molar-refractivity contribution in [3.8, 4) is 0 Å². The first-order valence-corrected chi connectivity index (χ1v) is 6.55. The first kappa shape index (κ1) is 13.8. The van der Waals surface area contributed by atoms with Gasteiger partial charge in [-0.1, -0.05) is 11.3 Å². The summed E-state index contributed by atoms with van der Waals surface area (Å²) in [7, 11) is 0. The van der Waals surface area contributed by atoms with Gasteiger partial charge in [-0.25, -0.2) is 4.79 Å². The number of carbonyl (C=O) groups excluding carboxylic acids is 1. The summed E-state index contributed by atoms with van der Waals surface area (Å²) in [6.45, 7) is 0.493. The number of amides is 2. The lowest BCUT2D eigenvalue weighted by molar-refractivity contribution is -0.380. The molecule has 1 aromatic carbocycles. The molecule has 0 spiro atoms. The molecule has 0 atom stereocenters. The number of benzene rings is 1. The van der Waals surface area contributed by atoms with Crippen LogP contribution in [0.4, 0.5) is 21.2 Å². The summed E-state index contributed by atoms with van der Waals surface area (Å²) in [4.78, 5) is 20.8. The summed E-state index contributed by atoms with van der Waals surface area (Å²) in [5.41, 5.74) is 7.30. The Hall–Kier alpha value is -2.61. The fourth-order valence-corrected chi connectivity index (χ4v) is 2.30. The van der Waals surface area contributed by atoms with Crippen LogP contribution >= 0.6 is 11.3 Å². The van der Waals surface area contributed by atoms with Gasteiger partial charge >= 0.3 is 11.0 Å². The SMILES string of the molecule is NC(=O)Nc1ccc(NCc2csc([N+](=O)[O-])c2)cc1. The molecule has 0 saturated heterocycles. The van der Waals surface area contributed by atoms with Crippen LogP contribution in [-0.4, -0.2) is 11.0 Å². The van der Waals surface area contributed by atoms with Gasteiger partial charge in [-0.3, -0.25) is 10.1 Å². The van der Waals surface area contributed by atoms with E-state index in [1.165, 1.54) is 0 Å². The summed E-state index contributed by atoms with van der Waals surface area (Å²) in [5.74, 6) is 0. The fraction of sp³-hybridized carbons (Fsp3) is 0.0833. The number of carbonyl (C=O) groups is 1. The lowest BCUT2D eigenvalue weighted by Gasteiger charge is -2.06. The zero-order valence-electron chi connectivity index (χ0n) is 10.3. The molecule has 1 aromatic heterocycles. The van der Waals surface area contributed by atoms with E-state index in [4.69, 9.17) is 5.73 Å². The molecule has 2 aromatic rings. The van der Waals surface area contributed by atoms with Gasteiger partial charge in [0.15, 0.2) is 0 Å². The van der Waals surface area contributed by atoms with Crippen LogP contribution < -0.4 is 16.4 Å². The number of primary amides is 1. The molecule has 1 heterocycles. The molecular weight excluding hydrogens is 280 g/mol. The molecule has 0 bridgehead atoms. The largest absolute Gasteiger partial charge is 0.381 e. The molecule has 0 fully saturated rings. The summed E-state index contributed by atoms with van der Waals surface area (Å²) < 4.78 is 0. The van der Waals surface area contributed by atoms with E-state index >= 15 is 0 Å². The quantitative estimate of drug-likeness (QED) is 0.581. The molecule has 0 aliphatic carbocycles. The number of thiophene rings is 1. The van der Waals surface area contributed by atoms with Crippen molar-refractivity contribution in [1.82, 2.24) is 0 Å². The smallest absolute Gasteiger partial charge is 0.324 e.